The lowest BCUT2D eigenvalue weighted by Gasteiger charge is -2.31. The van der Waals surface area contributed by atoms with E-state index in [1.54, 1.807) is 18.2 Å². The number of nitrogens with zero attached hydrogens (tertiary/aromatic N) is 1. The highest BCUT2D eigenvalue weighted by Crippen LogP contribution is 2.25. The molecule has 3 rings (SSSR count). The van der Waals surface area contributed by atoms with E-state index in [1.165, 1.54) is 0 Å². The van der Waals surface area contributed by atoms with Crippen LogP contribution in [0.1, 0.15) is 17.2 Å². The third-order valence-corrected chi connectivity index (χ3v) is 5.19. The maximum absolute atomic E-state index is 12.7. The summed E-state index contributed by atoms with van der Waals surface area (Å²) in [6.07, 6.45) is 0.158. The summed E-state index contributed by atoms with van der Waals surface area (Å²) >= 11 is 12.4. The minimum Gasteiger partial charge on any atom is -0.379 e. The van der Waals surface area contributed by atoms with Crippen molar-refractivity contribution in [3.8, 4) is 0 Å². The van der Waals surface area contributed by atoms with Gasteiger partial charge in [-0.2, -0.15) is 0 Å². The molecule has 0 bridgehead atoms. The minimum absolute atomic E-state index is 0.0944. The van der Waals surface area contributed by atoms with Crippen molar-refractivity contribution in [2.45, 2.75) is 12.5 Å². The monoisotopic (exact) mass is 392 g/mol. The summed E-state index contributed by atoms with van der Waals surface area (Å²) < 4.78 is 5.42. The first-order valence-electron chi connectivity index (χ1n) is 8.71. The molecule has 138 valence electrons. The molecule has 6 heteroatoms. The molecule has 1 unspecified atom stereocenters. The molecule has 2 aromatic rings. The molecule has 0 saturated carbocycles. The summed E-state index contributed by atoms with van der Waals surface area (Å²) in [5, 5.41) is 4.17. The molecule has 1 heterocycles. The van der Waals surface area contributed by atoms with E-state index in [9.17, 15) is 4.79 Å². The molecular formula is C20H22Cl2N2O2. The average Bonchev–Trinajstić information content (AvgIpc) is 2.66. The lowest BCUT2D eigenvalue weighted by atomic mass is 10.0. The van der Waals surface area contributed by atoms with Gasteiger partial charge in [0.25, 0.3) is 0 Å². The number of morpholine rings is 1. The second kappa shape index (κ2) is 9.38. The van der Waals surface area contributed by atoms with Crippen LogP contribution in [0.15, 0.2) is 48.5 Å². The van der Waals surface area contributed by atoms with Crippen molar-refractivity contribution in [2.24, 2.45) is 0 Å². The fraction of sp³-hybridized carbons (Fsp3) is 0.350. The van der Waals surface area contributed by atoms with Crippen molar-refractivity contribution >= 4 is 29.1 Å². The smallest absolute Gasteiger partial charge is 0.225 e. The molecule has 1 saturated heterocycles. The Kier molecular flexibility index (Phi) is 6.92. The Morgan fingerprint density at radius 2 is 1.69 bits per heavy atom. The quantitative estimate of drug-likeness (QED) is 0.813. The molecule has 1 N–H and O–H groups in total. The van der Waals surface area contributed by atoms with Gasteiger partial charge in [0.1, 0.15) is 0 Å². The van der Waals surface area contributed by atoms with Crippen LogP contribution in [0.5, 0.6) is 0 Å². The van der Waals surface area contributed by atoms with Gasteiger partial charge in [-0.15, -0.1) is 0 Å². The number of halogens is 2. The second-order valence-electron chi connectivity index (χ2n) is 6.32. The van der Waals surface area contributed by atoms with E-state index in [-0.39, 0.29) is 18.4 Å². The van der Waals surface area contributed by atoms with E-state index in [0.29, 0.717) is 15.6 Å². The summed E-state index contributed by atoms with van der Waals surface area (Å²) in [4.78, 5) is 15.0. The first kappa shape index (κ1) is 19.2. The van der Waals surface area contributed by atoms with Crippen LogP contribution in [-0.2, 0) is 16.0 Å². The Morgan fingerprint density at radius 3 is 2.35 bits per heavy atom. The Hall–Kier alpha value is -1.59. The van der Waals surface area contributed by atoms with Crippen molar-refractivity contribution in [2.75, 3.05) is 32.8 Å². The van der Waals surface area contributed by atoms with Gasteiger partial charge in [0.05, 0.1) is 25.7 Å². The number of amides is 1. The largest absolute Gasteiger partial charge is 0.379 e. The van der Waals surface area contributed by atoms with Gasteiger partial charge in [-0.3, -0.25) is 9.69 Å². The Labute approximate surface area is 164 Å². The maximum atomic E-state index is 12.7. The number of carbonyl (C=O) groups excluding carboxylic acids is 1. The summed E-state index contributed by atoms with van der Waals surface area (Å²) in [6, 6.07) is 15.2. The van der Waals surface area contributed by atoms with E-state index in [1.807, 2.05) is 30.3 Å². The van der Waals surface area contributed by atoms with Crippen LogP contribution in [-0.4, -0.2) is 43.7 Å². The first-order chi connectivity index (χ1) is 12.6. The predicted molar refractivity (Wildman–Crippen MR) is 105 cm³/mol. The van der Waals surface area contributed by atoms with E-state index in [0.717, 1.165) is 38.4 Å². The average molecular weight is 393 g/mol. The second-order valence-corrected chi connectivity index (χ2v) is 7.14. The summed E-state index contributed by atoms with van der Waals surface area (Å²) in [6.45, 7) is 3.94. The van der Waals surface area contributed by atoms with Crippen molar-refractivity contribution < 1.29 is 9.53 Å². The molecule has 0 aromatic heterocycles. The molecule has 4 nitrogen and oxygen atoms in total. The predicted octanol–water partition coefficient (Wildman–Crippen LogP) is 3.73. The minimum atomic E-state index is -0.0953. The lowest BCUT2D eigenvalue weighted by Crippen LogP contribution is -2.43. The number of carbonyl (C=O) groups is 1. The zero-order chi connectivity index (χ0) is 18.4. The summed E-state index contributed by atoms with van der Waals surface area (Å²) in [7, 11) is 0. The fourth-order valence-corrected chi connectivity index (χ4v) is 3.60. The normalized spacial score (nSPS) is 16.2. The van der Waals surface area contributed by atoms with E-state index in [4.69, 9.17) is 27.9 Å². The Morgan fingerprint density at radius 1 is 1.04 bits per heavy atom. The zero-order valence-electron chi connectivity index (χ0n) is 14.5. The van der Waals surface area contributed by atoms with Crippen LogP contribution in [0.2, 0.25) is 10.0 Å². The molecule has 0 spiro atoms. The SMILES string of the molecule is O=C(Cc1c(Cl)cccc1Cl)NC(CN1CCOCC1)c1ccccc1. The fourth-order valence-electron chi connectivity index (χ4n) is 3.07. The van der Waals surface area contributed by atoms with Crippen LogP contribution in [0.25, 0.3) is 0 Å². The third kappa shape index (κ3) is 5.21. The standard InChI is InChI=1S/C20H22Cl2N2O2/c21-17-7-4-8-18(22)16(17)13-20(25)23-19(15-5-2-1-3-6-15)14-24-9-11-26-12-10-24/h1-8,19H,9-14H2,(H,23,25). The molecule has 1 fully saturated rings. The maximum Gasteiger partial charge on any atom is 0.225 e. The number of hydrogen-bond donors (Lipinski definition) is 1. The van der Waals surface area contributed by atoms with Gasteiger partial charge in [-0.05, 0) is 23.3 Å². The highest BCUT2D eigenvalue weighted by molar-refractivity contribution is 6.36. The summed E-state index contributed by atoms with van der Waals surface area (Å²) in [5.41, 5.74) is 1.74. The van der Waals surface area contributed by atoms with Gasteiger partial charge in [0.15, 0.2) is 0 Å². The first-order valence-corrected chi connectivity index (χ1v) is 9.46. The number of rotatable bonds is 6. The van der Waals surface area contributed by atoms with E-state index < -0.39 is 0 Å². The van der Waals surface area contributed by atoms with Gasteiger partial charge in [0.2, 0.25) is 5.91 Å². The molecule has 0 radical (unpaired) electrons. The van der Waals surface area contributed by atoms with Crippen LogP contribution in [0.3, 0.4) is 0 Å². The van der Waals surface area contributed by atoms with Gasteiger partial charge >= 0.3 is 0 Å². The van der Waals surface area contributed by atoms with Crippen molar-refractivity contribution in [1.29, 1.82) is 0 Å². The van der Waals surface area contributed by atoms with E-state index in [2.05, 4.69) is 10.2 Å². The lowest BCUT2D eigenvalue weighted by molar-refractivity contribution is -0.121. The molecule has 1 atom stereocenters. The number of hydrogen-bond acceptors (Lipinski definition) is 3. The van der Waals surface area contributed by atoms with Gasteiger partial charge in [0, 0.05) is 29.7 Å². The highest BCUT2D eigenvalue weighted by atomic mass is 35.5. The Bertz CT molecular complexity index is 714. The van der Waals surface area contributed by atoms with E-state index >= 15 is 0 Å². The van der Waals surface area contributed by atoms with Crippen LogP contribution >= 0.6 is 23.2 Å². The number of nitrogens with one attached hydrogen (secondary N) is 1. The number of benzene rings is 2. The molecule has 1 aliphatic rings. The van der Waals surface area contributed by atoms with Crippen molar-refractivity contribution in [3.63, 3.8) is 0 Å². The zero-order valence-corrected chi connectivity index (χ0v) is 16.0. The van der Waals surface area contributed by atoms with Crippen LogP contribution in [0.4, 0.5) is 0 Å². The van der Waals surface area contributed by atoms with Gasteiger partial charge in [-0.25, -0.2) is 0 Å². The third-order valence-electron chi connectivity index (χ3n) is 4.48. The summed E-state index contributed by atoms with van der Waals surface area (Å²) in [5.74, 6) is -0.0953. The number of ether oxygens (including phenoxy) is 1. The topological polar surface area (TPSA) is 41.6 Å². The van der Waals surface area contributed by atoms with Crippen LogP contribution in [0, 0.1) is 0 Å². The molecular weight excluding hydrogens is 371 g/mol. The molecule has 1 amide bonds. The molecule has 2 aromatic carbocycles. The Balaban J connectivity index is 1.71. The van der Waals surface area contributed by atoms with Crippen molar-refractivity contribution in [1.82, 2.24) is 10.2 Å². The molecule has 0 aliphatic carbocycles. The highest BCUT2D eigenvalue weighted by Gasteiger charge is 2.21. The van der Waals surface area contributed by atoms with Gasteiger partial charge < -0.3 is 10.1 Å². The van der Waals surface area contributed by atoms with Crippen LogP contribution < -0.4 is 5.32 Å². The molecule has 1 aliphatic heterocycles. The van der Waals surface area contributed by atoms with Gasteiger partial charge in [-0.1, -0.05) is 59.6 Å². The van der Waals surface area contributed by atoms with Crippen molar-refractivity contribution in [3.05, 3.63) is 69.7 Å². The molecule has 26 heavy (non-hydrogen) atoms.